The number of aliphatic hydroxyl groups excluding tert-OH is 6. The first-order valence-electron chi connectivity index (χ1n) is 39.9. The van der Waals surface area contributed by atoms with Gasteiger partial charge in [0.1, 0.15) is 107 Å². The van der Waals surface area contributed by atoms with Gasteiger partial charge in [0.2, 0.25) is 65.2 Å². The molecule has 7 aliphatic heterocycles. The van der Waals surface area contributed by atoms with Gasteiger partial charge in [-0.15, -0.1) is 0 Å². The number of fused-ring (bicyclic) bond motifs is 15. The maximum absolute atomic E-state index is 16.4. The van der Waals surface area contributed by atoms with Crippen LogP contribution in [0.25, 0.3) is 11.1 Å². The summed E-state index contributed by atoms with van der Waals surface area (Å²) in [7, 11) is 2.71. The van der Waals surface area contributed by atoms with Gasteiger partial charge in [0.15, 0.2) is 30.5 Å². The maximum Gasteiger partial charge on any atom is 0.349 e. The zero-order chi connectivity index (χ0) is 92.8. The standard InChI is InChI=1S/C83H92Cl3FN14O27/c1-33(2)19-47(89-5)74(114)98-65-67(109)37-9-13-51(44(85)23-37)124-53-25-39-26-54(71(53)128-81-72(70(112)69(111)55(31-102)126-81)127-60-30-83(4,73(113)34(3)123-60)91-16-18-101-17-15-57(94-82(101)121)93-58(107)21-35-7-11-43(84)46(87)20-35)125-52-14-10-38(24-45(52)86)68(110)66-79(119)97-64(80(120)100-122-32-59(108)90-6)42-27-40(103)28-50(105)61(42)41-22-36(8-12-49(41)104)62(76(116)99-66)96-77(117)63(39)95-75(115)48(29-56(88)106)92-78(65)118/h7-15,17,20,22-28,33-34,47-48,55,60,62-70,72-73,81,89,91,102-105,109-113H,16,18-19,21,29-32H2,1-6H3,(H2,88,106)(H,90,108)(H,92,118)(H,95,115)(H,96,117)(H,97,119)(H,98,114)(H,99,116)(H,100,120)(H,93,94,107,121)/t34?,47?,48?,55?,60?,62?,63?,64-,65?,66?,67?,68?,69?,70?,72?,73?,81?,83-/m1/s1. The number of primary amides is 1. The Morgan fingerprint density at radius 1 is 0.711 bits per heavy atom. The van der Waals surface area contributed by atoms with Crippen LogP contribution in [0.5, 0.6) is 46.0 Å². The molecule has 10 amide bonds. The summed E-state index contributed by atoms with van der Waals surface area (Å²) in [5.41, 5.74) is 2.82. The van der Waals surface area contributed by atoms with Crippen LogP contribution >= 0.6 is 34.8 Å². The molecule has 2 saturated heterocycles. The van der Waals surface area contributed by atoms with Gasteiger partial charge in [-0.3, -0.25) is 57.4 Å². The van der Waals surface area contributed by atoms with Crippen molar-refractivity contribution in [2.24, 2.45) is 11.7 Å². The lowest BCUT2D eigenvalue weighted by atomic mass is 9.85. The van der Waals surface area contributed by atoms with E-state index in [9.17, 15) is 79.1 Å². The fourth-order valence-corrected chi connectivity index (χ4v) is 15.7. The van der Waals surface area contributed by atoms with E-state index < -0.39 is 283 Å². The van der Waals surface area contributed by atoms with Crippen LogP contribution in [0.1, 0.15) is 111 Å². The highest BCUT2D eigenvalue weighted by molar-refractivity contribution is 6.32. The Labute approximate surface area is 741 Å². The summed E-state index contributed by atoms with van der Waals surface area (Å²) in [6.45, 7) is 4.62. The number of hydrogen-bond donors (Lipinski definition) is 21. The SMILES string of the molecule is CNC(=O)CONC(=O)[C@@H]1NC(=O)C2NC(=O)C(NC(=O)C3NC(=O)C(CC(N)=O)NC(=O)C(NC(=O)C(CC(C)C)NC)C(O)c4ccc(c(Cl)c4)Oc4cc3cc(c4OC3OC(CO)C(O)C(O)C3OC3C[C@@](C)(NCCn4ccc(NC(=O)Cc5ccc(Cl)c(F)c5)nc4=O)C(O)C(C)O3)Oc3ccc(cc3Cl)C2O)c2ccc(O)c(c2)-c2c(O)cc(O)cc21. The molecule has 128 heavy (non-hydrogen) atoms. The number of likely N-dealkylation sites (N-methyl/N-ethyl adjacent to an activating group) is 2. The van der Waals surface area contributed by atoms with Gasteiger partial charge in [0.25, 0.3) is 5.91 Å². The summed E-state index contributed by atoms with van der Waals surface area (Å²) in [6.07, 6.45) is -18.8. The van der Waals surface area contributed by atoms with E-state index in [0.29, 0.717) is 5.56 Å². The van der Waals surface area contributed by atoms with Crippen molar-refractivity contribution < 1.29 is 132 Å². The lowest BCUT2D eigenvalue weighted by molar-refractivity contribution is -0.334. The van der Waals surface area contributed by atoms with E-state index in [0.717, 1.165) is 78.9 Å². The number of aromatic hydroxyl groups is 3. The fourth-order valence-electron chi connectivity index (χ4n) is 15.1. The molecule has 41 nitrogen and oxygen atoms in total. The molecular formula is C83H92Cl3FN14O27. The highest BCUT2D eigenvalue weighted by Crippen LogP contribution is 2.50. The van der Waals surface area contributed by atoms with E-state index in [-0.39, 0.29) is 60.2 Å². The number of halogens is 4. The summed E-state index contributed by atoms with van der Waals surface area (Å²) in [5, 5.41) is 131. The number of ether oxygens (including phenoxy) is 6. The first kappa shape index (κ1) is 95.1. The molecule has 7 aromatic rings. The number of phenolic OH excluding ortho intramolecular Hbond substituents is 3. The van der Waals surface area contributed by atoms with Crippen molar-refractivity contribution in [1.29, 1.82) is 0 Å². The molecule has 0 saturated carbocycles. The first-order chi connectivity index (χ1) is 60.7. The van der Waals surface area contributed by atoms with E-state index in [1.54, 1.807) is 20.8 Å². The normalized spacial score (nSPS) is 25.6. The average Bonchev–Trinajstić information content (AvgIpc) is 0.776. The Hall–Kier alpha value is -12.0. The number of anilines is 1. The third-order valence-corrected chi connectivity index (χ3v) is 22.7. The third-order valence-electron chi connectivity index (χ3n) is 21.8. The van der Waals surface area contributed by atoms with Crippen LogP contribution in [0.3, 0.4) is 0 Å². The van der Waals surface area contributed by atoms with Gasteiger partial charge in [0.05, 0.1) is 52.8 Å². The summed E-state index contributed by atoms with van der Waals surface area (Å²) in [5.74, 6) is -18.4. The van der Waals surface area contributed by atoms with Crippen molar-refractivity contribution in [2.45, 2.75) is 169 Å². The molecule has 0 aliphatic carbocycles. The molecule has 684 valence electrons. The van der Waals surface area contributed by atoms with Crippen molar-refractivity contribution in [1.82, 2.24) is 62.9 Å². The topological polar surface area (TPSA) is 611 Å². The van der Waals surface area contributed by atoms with Gasteiger partial charge in [-0.2, -0.15) is 4.98 Å². The molecule has 0 spiro atoms. The van der Waals surface area contributed by atoms with Crippen molar-refractivity contribution in [3.8, 4) is 57.1 Å². The van der Waals surface area contributed by atoms with Crippen LogP contribution in [-0.4, -0.2) is 227 Å². The number of aliphatic hydroxyl groups is 6. The number of nitrogens with one attached hydrogen (secondary N) is 11. The van der Waals surface area contributed by atoms with E-state index in [4.69, 9.17) is 73.8 Å². The van der Waals surface area contributed by atoms with Crippen LogP contribution in [-0.2, 0) is 80.0 Å². The number of carbonyl (C=O) groups excluding carboxylic acids is 10. The molecular weight excluding hydrogens is 1750 g/mol. The molecule has 18 atom stereocenters. The Kier molecular flexibility index (Phi) is 30.1. The van der Waals surface area contributed by atoms with Crippen LogP contribution in [0.2, 0.25) is 15.1 Å². The molecule has 11 bridgehead atoms. The number of amides is 10. The summed E-state index contributed by atoms with van der Waals surface area (Å²) >= 11 is 20.2. The second-order valence-corrected chi connectivity index (χ2v) is 32.6. The molecule has 22 N–H and O–H groups in total. The fraction of sp³-hybridized carbons (Fsp3) is 0.398. The minimum Gasteiger partial charge on any atom is -0.508 e. The van der Waals surface area contributed by atoms with E-state index in [1.807, 2.05) is 5.48 Å². The van der Waals surface area contributed by atoms with Gasteiger partial charge in [-0.05, 0) is 139 Å². The minimum atomic E-state index is -2.42. The lowest BCUT2D eigenvalue weighted by Gasteiger charge is -2.48. The highest BCUT2D eigenvalue weighted by atomic mass is 35.5. The summed E-state index contributed by atoms with van der Waals surface area (Å²) in [6, 6.07) is 3.99. The third kappa shape index (κ3) is 21.7. The van der Waals surface area contributed by atoms with Crippen molar-refractivity contribution in [3.05, 3.63) is 174 Å². The van der Waals surface area contributed by atoms with Gasteiger partial charge in [-0.1, -0.05) is 72.9 Å². The number of hydrogen-bond acceptors (Lipinski definition) is 30. The molecule has 8 heterocycles. The number of rotatable bonds is 23. The van der Waals surface area contributed by atoms with Crippen molar-refractivity contribution in [2.75, 3.05) is 39.2 Å². The highest BCUT2D eigenvalue weighted by Gasteiger charge is 2.52. The summed E-state index contributed by atoms with van der Waals surface area (Å²) in [4.78, 5) is 168. The zero-order valence-corrected chi connectivity index (χ0v) is 71.1. The molecule has 6 aromatic carbocycles. The molecule has 14 rings (SSSR count). The number of carbonyl (C=O) groups is 10. The number of aromatic nitrogens is 2. The second-order valence-electron chi connectivity index (χ2n) is 31.4. The van der Waals surface area contributed by atoms with Crippen molar-refractivity contribution in [3.63, 3.8) is 0 Å². The molecule has 1 aromatic heterocycles. The second kappa shape index (κ2) is 40.6. The van der Waals surface area contributed by atoms with E-state index in [1.165, 1.54) is 56.0 Å². The first-order valence-corrected chi connectivity index (χ1v) is 41.0. The van der Waals surface area contributed by atoms with E-state index >= 15 is 24.0 Å². The molecule has 7 aliphatic rings. The number of phenols is 3. The Morgan fingerprint density at radius 3 is 2.00 bits per heavy atom. The largest absolute Gasteiger partial charge is 0.508 e. The quantitative estimate of drug-likeness (QED) is 0.0392. The summed E-state index contributed by atoms with van der Waals surface area (Å²) < 4.78 is 54.7. The lowest BCUT2D eigenvalue weighted by Crippen LogP contribution is -2.65. The maximum atomic E-state index is 16.4. The van der Waals surface area contributed by atoms with Crippen LogP contribution in [0.15, 0.2) is 114 Å². The predicted octanol–water partition coefficient (Wildman–Crippen LogP) is 0.677. The number of nitrogens with zero attached hydrogens (tertiary/aromatic N) is 2. The van der Waals surface area contributed by atoms with Gasteiger partial charge < -0.3 is 133 Å². The van der Waals surface area contributed by atoms with Gasteiger partial charge in [0, 0.05) is 55.5 Å². The molecule has 16 unspecified atom stereocenters. The van der Waals surface area contributed by atoms with Crippen LogP contribution in [0.4, 0.5) is 10.2 Å². The van der Waals surface area contributed by atoms with Crippen LogP contribution in [0, 0.1) is 11.7 Å². The number of benzene rings is 6. The molecule has 2 fully saturated rings. The smallest absolute Gasteiger partial charge is 0.349 e. The Morgan fingerprint density at radius 2 is 1.37 bits per heavy atom. The molecule has 45 heteroatoms. The van der Waals surface area contributed by atoms with Crippen molar-refractivity contribution >= 4 is 99.7 Å². The van der Waals surface area contributed by atoms with Crippen LogP contribution < -0.4 is 84.3 Å². The monoisotopic (exact) mass is 1840 g/mol. The predicted molar refractivity (Wildman–Crippen MR) is 446 cm³/mol. The number of hydroxylamine groups is 1. The minimum absolute atomic E-state index is 0.0716. The average molecular weight is 1840 g/mol. The Bertz CT molecular complexity index is 5510. The number of nitrogens with two attached hydrogens (primary N) is 1. The van der Waals surface area contributed by atoms with Gasteiger partial charge in [-0.25, -0.2) is 14.7 Å². The Balaban J connectivity index is 0.998. The van der Waals surface area contributed by atoms with Gasteiger partial charge >= 0.3 is 5.69 Å². The zero-order valence-electron chi connectivity index (χ0n) is 68.8. The van der Waals surface area contributed by atoms with E-state index in [2.05, 4.69) is 58.2 Å². The molecule has 0 radical (unpaired) electrons.